The second kappa shape index (κ2) is 9.47. The van der Waals surface area contributed by atoms with Gasteiger partial charge in [0.15, 0.2) is 0 Å². The molecule has 0 bridgehead atoms. The number of rotatable bonds is 8. The molecule has 0 heterocycles. The first kappa shape index (κ1) is 17.5. The third-order valence-corrected chi connectivity index (χ3v) is 2.57. The summed E-state index contributed by atoms with van der Waals surface area (Å²) < 4.78 is 9.50. The van der Waals surface area contributed by atoms with E-state index in [1.807, 2.05) is 9.39 Å². The highest BCUT2D eigenvalue weighted by Gasteiger charge is 2.17. The third-order valence-electron chi connectivity index (χ3n) is 2.31. The van der Waals surface area contributed by atoms with Gasteiger partial charge in [-0.05, 0) is 22.7 Å². The Bertz CT molecular complexity index is 379. The average Bonchev–Trinajstić information content (AvgIpc) is 2.37. The molecule has 19 heavy (non-hydrogen) atoms. The minimum atomic E-state index is -1.23. The van der Waals surface area contributed by atoms with Gasteiger partial charge < -0.3 is 19.7 Å². The maximum Gasteiger partial charge on any atom is 0.332 e. The van der Waals surface area contributed by atoms with Gasteiger partial charge in [-0.25, -0.2) is 4.79 Å². The molecule has 0 radical (unpaired) electrons. The summed E-state index contributed by atoms with van der Waals surface area (Å²) in [6.45, 7) is 1.79. The van der Waals surface area contributed by atoms with Crippen molar-refractivity contribution >= 4 is 27.2 Å². The molecule has 0 saturated heterocycles. The van der Waals surface area contributed by atoms with Crippen molar-refractivity contribution in [2.45, 2.75) is 19.8 Å². The largest absolute Gasteiger partial charge is 0.478 e. The second-order valence-electron chi connectivity index (χ2n) is 3.60. The lowest BCUT2D eigenvalue weighted by Crippen LogP contribution is -2.18. The summed E-state index contributed by atoms with van der Waals surface area (Å²) in [6.07, 6.45) is -0.169. The molecule has 0 rings (SSSR count). The highest BCUT2D eigenvalue weighted by Crippen LogP contribution is 2.13. The van der Waals surface area contributed by atoms with Crippen LogP contribution in [0.2, 0.25) is 0 Å². The van der Waals surface area contributed by atoms with E-state index in [0.717, 1.165) is 0 Å². The molecule has 0 aliphatic rings. The molecule has 0 aliphatic heterocycles. The number of esters is 1. The number of hydrogen-bond acceptors (Lipinski definition) is 5. The number of carboxylic acids is 1. The second-order valence-corrected chi connectivity index (χ2v) is 3.88. The van der Waals surface area contributed by atoms with Gasteiger partial charge >= 0.3 is 11.9 Å². The molecule has 0 fully saturated rings. The molecule has 7 nitrogen and oxygen atoms in total. The third kappa shape index (κ3) is 6.88. The monoisotopic (exact) mass is 291 g/mol. The minimum Gasteiger partial charge on any atom is -0.478 e. The number of carboxylic acid groups (broad SMARTS) is 1. The van der Waals surface area contributed by atoms with Crippen molar-refractivity contribution in [3.05, 3.63) is 11.1 Å². The molecule has 1 amide bonds. The fourth-order valence-electron chi connectivity index (χ4n) is 1.24. The predicted molar refractivity (Wildman–Crippen MR) is 70.3 cm³/mol. The van der Waals surface area contributed by atoms with Crippen LogP contribution in [0.15, 0.2) is 11.1 Å². The maximum absolute atomic E-state index is 11.3. The predicted octanol–water partition coefficient (Wildman–Crippen LogP) is 0.264. The molecule has 1 atom stereocenters. The van der Waals surface area contributed by atoms with Crippen molar-refractivity contribution in [3.8, 4) is 0 Å². The first-order valence-corrected chi connectivity index (χ1v) is 6.10. The fourth-order valence-corrected chi connectivity index (χ4v) is 1.45. The van der Waals surface area contributed by atoms with Crippen LogP contribution < -0.4 is 5.09 Å². The summed E-state index contributed by atoms with van der Waals surface area (Å²) in [7, 11) is 3.47. The van der Waals surface area contributed by atoms with Crippen LogP contribution in [0.5, 0.6) is 0 Å². The number of carbonyl (C=O) groups excluding carboxylic acids is 2. The van der Waals surface area contributed by atoms with E-state index in [9.17, 15) is 14.4 Å². The molecule has 0 aromatic heterocycles. The molecule has 1 unspecified atom stereocenters. The van der Waals surface area contributed by atoms with Gasteiger partial charge in [0.05, 0.1) is 6.61 Å². The zero-order chi connectivity index (χ0) is 14.8. The van der Waals surface area contributed by atoms with Gasteiger partial charge in [0.2, 0.25) is 5.91 Å². The zero-order valence-electron chi connectivity index (χ0n) is 10.9. The van der Waals surface area contributed by atoms with Crippen molar-refractivity contribution in [1.29, 1.82) is 0 Å². The van der Waals surface area contributed by atoms with Crippen LogP contribution in [-0.2, 0) is 23.9 Å². The Morgan fingerprint density at radius 1 is 1.21 bits per heavy atom. The highest BCUT2D eigenvalue weighted by molar-refractivity contribution is 7.15. The zero-order valence-corrected chi connectivity index (χ0v) is 12.0. The molecule has 8 heteroatoms. The molecular weight excluding hydrogens is 273 g/mol. The number of amides is 1. The molecule has 0 aliphatic carbocycles. The van der Waals surface area contributed by atoms with Crippen molar-refractivity contribution in [1.82, 2.24) is 5.09 Å². The lowest BCUT2D eigenvalue weighted by molar-refractivity contribution is -0.144. The first-order chi connectivity index (χ1) is 8.93. The van der Waals surface area contributed by atoms with E-state index >= 15 is 0 Å². The molecule has 108 valence electrons. The molecule has 0 spiro atoms. The summed E-state index contributed by atoms with van der Waals surface area (Å²) in [5, 5.41) is 11.3. The smallest absolute Gasteiger partial charge is 0.332 e. The van der Waals surface area contributed by atoms with Crippen molar-refractivity contribution in [2.24, 2.45) is 0 Å². The van der Waals surface area contributed by atoms with Gasteiger partial charge in [-0.3, -0.25) is 9.59 Å². The topological polar surface area (TPSA) is 102 Å². The first-order valence-electron chi connectivity index (χ1n) is 5.52. The molecule has 0 aromatic carbocycles. The SMILES string of the molecule is COCCOC(=O)CC/C(C(=O)O)=C(\C)C(=O)NP. The number of carbonyl (C=O) groups is 3. The van der Waals surface area contributed by atoms with E-state index in [1.165, 1.54) is 14.0 Å². The van der Waals surface area contributed by atoms with Gasteiger partial charge in [0, 0.05) is 24.7 Å². The summed E-state index contributed by atoms with van der Waals surface area (Å²) in [5.41, 5.74) is -0.0455. The number of nitrogens with one attached hydrogen (secondary N) is 1. The van der Waals surface area contributed by atoms with Crippen LogP contribution in [0.4, 0.5) is 0 Å². The lowest BCUT2D eigenvalue weighted by atomic mass is 10.0. The Morgan fingerprint density at radius 3 is 2.32 bits per heavy atom. The van der Waals surface area contributed by atoms with Crippen LogP contribution in [0.1, 0.15) is 19.8 Å². The van der Waals surface area contributed by atoms with Crippen LogP contribution in [0.25, 0.3) is 0 Å². The Balaban J connectivity index is 4.50. The minimum absolute atomic E-state index is 0.0622. The average molecular weight is 291 g/mol. The van der Waals surface area contributed by atoms with Crippen molar-refractivity contribution in [2.75, 3.05) is 20.3 Å². The standard InChI is InChI=1S/C11H18NO6P/c1-7(10(14)12-19)8(11(15)16)3-4-9(13)18-6-5-17-2/h3-6,19H2,1-2H3,(H,12,14)(H,15,16)/b8-7-. The van der Waals surface area contributed by atoms with E-state index in [0.29, 0.717) is 0 Å². The Labute approximate surface area is 113 Å². The van der Waals surface area contributed by atoms with Gasteiger partial charge in [-0.15, -0.1) is 0 Å². The van der Waals surface area contributed by atoms with Gasteiger partial charge in [0.25, 0.3) is 0 Å². The van der Waals surface area contributed by atoms with Gasteiger partial charge in [-0.1, -0.05) is 0 Å². The highest BCUT2D eigenvalue weighted by atomic mass is 31.0. The fraction of sp³-hybridized carbons (Fsp3) is 0.545. The summed E-state index contributed by atoms with van der Waals surface area (Å²) >= 11 is 0. The quantitative estimate of drug-likeness (QED) is 0.288. The molecular formula is C11H18NO6P. The molecule has 2 N–H and O–H groups in total. The van der Waals surface area contributed by atoms with Crippen LogP contribution in [0, 0.1) is 0 Å². The normalized spacial score (nSPS) is 11.5. The summed E-state index contributed by atoms with van der Waals surface area (Å²) in [6, 6.07) is 0. The van der Waals surface area contributed by atoms with E-state index < -0.39 is 17.8 Å². The van der Waals surface area contributed by atoms with E-state index in [2.05, 4.69) is 5.09 Å². The van der Waals surface area contributed by atoms with Crippen molar-refractivity contribution in [3.63, 3.8) is 0 Å². The van der Waals surface area contributed by atoms with Crippen LogP contribution in [-0.4, -0.2) is 43.3 Å². The van der Waals surface area contributed by atoms with E-state index in [4.69, 9.17) is 14.6 Å². The van der Waals surface area contributed by atoms with Crippen LogP contribution in [0.3, 0.4) is 0 Å². The van der Waals surface area contributed by atoms with E-state index in [1.54, 1.807) is 0 Å². The lowest BCUT2D eigenvalue weighted by Gasteiger charge is -2.07. The number of methoxy groups -OCH3 is 1. The Morgan fingerprint density at radius 2 is 1.84 bits per heavy atom. The molecule has 0 aromatic rings. The summed E-state index contributed by atoms with van der Waals surface area (Å²) in [5.74, 6) is -2.28. The van der Waals surface area contributed by atoms with E-state index in [-0.39, 0.29) is 37.2 Å². The molecule has 0 saturated carbocycles. The maximum atomic E-state index is 11.3. The van der Waals surface area contributed by atoms with Gasteiger partial charge in [0.1, 0.15) is 6.61 Å². The van der Waals surface area contributed by atoms with Gasteiger partial charge in [-0.2, -0.15) is 0 Å². The number of ether oxygens (including phenoxy) is 2. The number of aliphatic carboxylic acids is 1. The van der Waals surface area contributed by atoms with Crippen molar-refractivity contribution < 1.29 is 29.0 Å². The summed E-state index contributed by atoms with van der Waals surface area (Å²) in [4.78, 5) is 33.7. The number of hydrogen-bond donors (Lipinski definition) is 2. The Kier molecular flexibility index (Phi) is 8.74. The Hall–Kier alpha value is -1.46. The van der Waals surface area contributed by atoms with Crippen LogP contribution >= 0.6 is 9.39 Å².